The van der Waals surface area contributed by atoms with Crippen LogP contribution in [0.4, 0.5) is 5.13 Å². The maximum Gasteiger partial charge on any atom is 0.253 e. The minimum absolute atomic E-state index is 0.151. The van der Waals surface area contributed by atoms with Crippen LogP contribution in [-0.2, 0) is 14.8 Å². The van der Waals surface area contributed by atoms with Gasteiger partial charge in [-0.3, -0.25) is 4.79 Å². The molecule has 1 fully saturated rings. The number of amides is 1. The van der Waals surface area contributed by atoms with E-state index in [2.05, 4.69) is 22.4 Å². The lowest BCUT2D eigenvalue weighted by Gasteiger charge is -2.32. The molecule has 0 radical (unpaired) electrons. The van der Waals surface area contributed by atoms with Gasteiger partial charge in [0.2, 0.25) is 5.91 Å². The molecule has 0 spiro atoms. The monoisotopic (exact) mass is 543 g/mol. The molecule has 1 amide bonds. The molecule has 1 N–H and O–H groups in total. The highest BCUT2D eigenvalue weighted by molar-refractivity contribution is 7.91. The van der Waals surface area contributed by atoms with Gasteiger partial charge in [0.1, 0.15) is 10.3 Å². The van der Waals surface area contributed by atoms with Crippen LogP contribution in [-0.4, -0.2) is 36.2 Å². The molecule has 0 aliphatic carbocycles. The number of aromatic nitrogens is 1. The molecule has 2 aromatic heterocycles. The third-order valence-corrected chi connectivity index (χ3v) is 10.3. The molecule has 0 saturated carbocycles. The number of piperidine rings is 1. The minimum Gasteiger partial charge on any atom is -0.301 e. The van der Waals surface area contributed by atoms with E-state index in [-0.39, 0.29) is 10.1 Å². The topological polar surface area (TPSA) is 79.4 Å². The lowest BCUT2D eigenvalue weighted by atomic mass is 10.0. The van der Waals surface area contributed by atoms with Crippen molar-refractivity contribution in [3.8, 4) is 22.4 Å². The van der Waals surface area contributed by atoms with Gasteiger partial charge < -0.3 is 5.32 Å². The number of sulfonamides is 1. The van der Waals surface area contributed by atoms with E-state index < -0.39 is 16.1 Å². The van der Waals surface area contributed by atoms with Gasteiger partial charge in [0, 0.05) is 17.5 Å². The molecular formula is C25H22ClN3O3S3. The Balaban J connectivity index is 1.31. The predicted molar refractivity (Wildman–Crippen MR) is 142 cm³/mol. The lowest BCUT2D eigenvalue weighted by molar-refractivity contribution is -0.120. The molecule has 2 aromatic carbocycles. The van der Waals surface area contributed by atoms with Crippen LogP contribution in [0.25, 0.3) is 22.4 Å². The minimum atomic E-state index is -3.80. The smallest absolute Gasteiger partial charge is 0.253 e. The van der Waals surface area contributed by atoms with E-state index in [0.717, 1.165) is 40.1 Å². The van der Waals surface area contributed by atoms with Gasteiger partial charge in [0.15, 0.2) is 5.13 Å². The van der Waals surface area contributed by atoms with Gasteiger partial charge in [-0.25, -0.2) is 13.4 Å². The van der Waals surface area contributed by atoms with Crippen LogP contribution in [0, 0.1) is 0 Å². The number of nitrogens with one attached hydrogen (secondary N) is 1. The van der Waals surface area contributed by atoms with Crippen LogP contribution in [0.5, 0.6) is 0 Å². The molecule has 180 valence electrons. The Morgan fingerprint density at radius 2 is 1.69 bits per heavy atom. The normalized spacial score (nSPS) is 16.8. The number of carbonyl (C=O) groups is 1. The largest absolute Gasteiger partial charge is 0.301 e. The maximum atomic E-state index is 13.2. The fourth-order valence-electron chi connectivity index (χ4n) is 4.12. The quantitative estimate of drug-likeness (QED) is 0.306. The summed E-state index contributed by atoms with van der Waals surface area (Å²) < 4.78 is 28.2. The fourth-order valence-corrected chi connectivity index (χ4v) is 8.11. The zero-order valence-corrected chi connectivity index (χ0v) is 21.8. The van der Waals surface area contributed by atoms with E-state index in [1.165, 1.54) is 21.7 Å². The number of halogens is 1. The van der Waals surface area contributed by atoms with Gasteiger partial charge in [-0.05, 0) is 36.1 Å². The van der Waals surface area contributed by atoms with E-state index in [9.17, 15) is 13.2 Å². The zero-order valence-electron chi connectivity index (χ0n) is 18.6. The molecule has 1 atom stereocenters. The summed E-state index contributed by atoms with van der Waals surface area (Å²) in [6.45, 7) is 0.298. The van der Waals surface area contributed by atoms with Gasteiger partial charge in [0.05, 0.1) is 10.0 Å². The fraction of sp³-hybridized carbons (Fsp3) is 0.200. The van der Waals surface area contributed by atoms with Crippen LogP contribution >= 0.6 is 34.3 Å². The Morgan fingerprint density at radius 3 is 2.40 bits per heavy atom. The van der Waals surface area contributed by atoms with Crippen molar-refractivity contribution in [3.05, 3.63) is 76.4 Å². The number of carbonyl (C=O) groups excluding carboxylic acids is 1. The van der Waals surface area contributed by atoms with Crippen molar-refractivity contribution >= 4 is 55.3 Å². The van der Waals surface area contributed by atoms with Gasteiger partial charge in [0.25, 0.3) is 10.0 Å². The lowest BCUT2D eigenvalue weighted by Crippen LogP contribution is -2.49. The molecule has 5 rings (SSSR count). The average molecular weight is 544 g/mol. The second kappa shape index (κ2) is 10.2. The number of nitrogens with zero attached hydrogens (tertiary/aromatic N) is 2. The third-order valence-electron chi connectivity index (χ3n) is 5.89. The van der Waals surface area contributed by atoms with E-state index >= 15 is 0 Å². The van der Waals surface area contributed by atoms with Crippen LogP contribution in [0.15, 0.2) is 76.3 Å². The van der Waals surface area contributed by atoms with Gasteiger partial charge in [-0.1, -0.05) is 72.6 Å². The highest BCUT2D eigenvalue weighted by Gasteiger charge is 2.38. The maximum absolute atomic E-state index is 13.2. The SMILES string of the molecule is O=C(Nc1nc(-c2ccc(-c3ccccc3)cc2)cs1)C1CCCCN1S(=O)(=O)c1ccc(Cl)s1. The van der Waals surface area contributed by atoms with Crippen LogP contribution < -0.4 is 5.32 Å². The standard InChI is InChI=1S/C25H22ClN3O3S3/c26-22-13-14-23(34-22)35(31,32)29-15-5-4-8-21(29)24(30)28-25-27-20(16-33-25)19-11-9-18(10-12-19)17-6-2-1-3-7-17/h1-3,6-7,9-14,16,21H,4-5,8,15H2,(H,27,28,30). The second-order valence-electron chi connectivity index (χ2n) is 8.16. The summed E-state index contributed by atoms with van der Waals surface area (Å²) in [4.78, 5) is 17.7. The van der Waals surface area contributed by atoms with Crippen molar-refractivity contribution in [2.45, 2.75) is 29.5 Å². The van der Waals surface area contributed by atoms with Crippen molar-refractivity contribution in [2.75, 3.05) is 11.9 Å². The molecular weight excluding hydrogens is 522 g/mol. The Hall–Kier alpha value is -2.56. The van der Waals surface area contributed by atoms with E-state index in [1.807, 2.05) is 47.8 Å². The van der Waals surface area contributed by atoms with Crippen molar-refractivity contribution in [1.82, 2.24) is 9.29 Å². The predicted octanol–water partition coefficient (Wildman–Crippen LogP) is 6.37. The summed E-state index contributed by atoms with van der Waals surface area (Å²) in [5, 5.41) is 5.17. The first-order chi connectivity index (χ1) is 16.9. The molecule has 1 unspecified atom stereocenters. The van der Waals surface area contributed by atoms with Crippen molar-refractivity contribution in [2.24, 2.45) is 0 Å². The number of hydrogen-bond donors (Lipinski definition) is 1. The summed E-state index contributed by atoms with van der Waals surface area (Å²) in [7, 11) is -3.80. The average Bonchev–Trinajstić information content (AvgIpc) is 3.54. The molecule has 0 bridgehead atoms. The molecule has 1 saturated heterocycles. The molecule has 10 heteroatoms. The molecule has 6 nitrogen and oxygen atoms in total. The number of thiophene rings is 1. The van der Waals surface area contributed by atoms with Crippen LogP contribution in [0.2, 0.25) is 4.34 Å². The molecule has 4 aromatic rings. The first-order valence-corrected chi connectivity index (χ1v) is 14.6. The first-order valence-electron chi connectivity index (χ1n) is 11.1. The summed E-state index contributed by atoms with van der Waals surface area (Å²) in [5.41, 5.74) is 3.95. The molecule has 35 heavy (non-hydrogen) atoms. The highest BCUT2D eigenvalue weighted by Crippen LogP contribution is 2.33. The van der Waals surface area contributed by atoms with Crippen LogP contribution in [0.3, 0.4) is 0 Å². The number of anilines is 1. The van der Waals surface area contributed by atoms with Crippen LogP contribution in [0.1, 0.15) is 19.3 Å². The first kappa shape index (κ1) is 24.1. The van der Waals surface area contributed by atoms with Crippen molar-refractivity contribution < 1.29 is 13.2 Å². The third kappa shape index (κ3) is 5.19. The molecule has 1 aliphatic rings. The Morgan fingerprint density at radius 1 is 0.971 bits per heavy atom. The summed E-state index contributed by atoms with van der Waals surface area (Å²) in [6.07, 6.45) is 1.96. The second-order valence-corrected chi connectivity index (χ2v) is 12.8. The van der Waals surface area contributed by atoms with E-state index in [0.29, 0.717) is 28.9 Å². The van der Waals surface area contributed by atoms with Gasteiger partial charge in [-0.15, -0.1) is 22.7 Å². The number of benzene rings is 2. The highest BCUT2D eigenvalue weighted by atomic mass is 35.5. The van der Waals surface area contributed by atoms with Crippen molar-refractivity contribution in [3.63, 3.8) is 0 Å². The summed E-state index contributed by atoms with van der Waals surface area (Å²) >= 11 is 8.27. The van der Waals surface area contributed by atoms with Gasteiger partial charge >= 0.3 is 0 Å². The molecule has 1 aliphatic heterocycles. The van der Waals surface area contributed by atoms with Crippen molar-refractivity contribution in [1.29, 1.82) is 0 Å². The number of rotatable bonds is 6. The number of hydrogen-bond acceptors (Lipinski definition) is 6. The zero-order chi connectivity index (χ0) is 24.4. The Labute approximate surface area is 217 Å². The Kier molecular flexibility index (Phi) is 7.04. The van der Waals surface area contributed by atoms with E-state index in [1.54, 1.807) is 6.07 Å². The Bertz CT molecular complexity index is 1430. The van der Waals surface area contributed by atoms with E-state index in [4.69, 9.17) is 11.6 Å². The summed E-state index contributed by atoms with van der Waals surface area (Å²) in [5.74, 6) is -0.365. The van der Waals surface area contributed by atoms with Gasteiger partial charge in [-0.2, -0.15) is 4.31 Å². The summed E-state index contributed by atoms with van der Waals surface area (Å²) in [6, 6.07) is 20.5. The molecule has 3 heterocycles. The number of thiazole rings is 1.